The van der Waals surface area contributed by atoms with E-state index in [0.29, 0.717) is 11.6 Å². The number of rotatable bonds is 3. The van der Waals surface area contributed by atoms with Crippen LogP contribution in [0.1, 0.15) is 30.9 Å². The Morgan fingerprint density at radius 3 is 2.33 bits per heavy atom. The van der Waals surface area contributed by atoms with E-state index < -0.39 is 10.0 Å². The molecule has 0 unspecified atom stereocenters. The number of nitrogens with two attached hydrogens (primary N) is 1. The Hall–Kier alpha value is -1.07. The molecule has 1 aliphatic carbocycles. The van der Waals surface area contributed by atoms with Crippen LogP contribution in [0.2, 0.25) is 0 Å². The summed E-state index contributed by atoms with van der Waals surface area (Å²) in [6.07, 6.45) is 1.81. The highest BCUT2D eigenvalue weighted by atomic mass is 32.2. The van der Waals surface area contributed by atoms with Gasteiger partial charge >= 0.3 is 0 Å². The Morgan fingerprint density at radius 2 is 1.78 bits per heavy atom. The van der Waals surface area contributed by atoms with Gasteiger partial charge in [0.1, 0.15) is 4.90 Å². The number of hydrogen-bond acceptors (Lipinski definition) is 3. The molecular formula is C13H20N2O2S. The summed E-state index contributed by atoms with van der Waals surface area (Å²) in [6.45, 7) is 5.93. The summed E-state index contributed by atoms with van der Waals surface area (Å²) < 4.78 is 27.2. The molecule has 18 heavy (non-hydrogen) atoms. The van der Waals surface area contributed by atoms with Crippen LogP contribution in [0.3, 0.4) is 0 Å². The molecule has 0 saturated heterocycles. The van der Waals surface area contributed by atoms with Crippen molar-refractivity contribution in [1.29, 1.82) is 0 Å². The number of benzene rings is 1. The number of nitrogen functional groups attached to an aromatic ring is 1. The van der Waals surface area contributed by atoms with E-state index in [2.05, 4.69) is 11.6 Å². The molecule has 100 valence electrons. The van der Waals surface area contributed by atoms with Crippen molar-refractivity contribution in [1.82, 2.24) is 4.72 Å². The highest BCUT2D eigenvalue weighted by molar-refractivity contribution is 7.89. The van der Waals surface area contributed by atoms with Crippen molar-refractivity contribution >= 4 is 15.7 Å². The molecule has 5 heteroatoms. The van der Waals surface area contributed by atoms with Gasteiger partial charge in [-0.2, -0.15) is 0 Å². The third-order valence-electron chi connectivity index (χ3n) is 3.61. The van der Waals surface area contributed by atoms with Crippen LogP contribution in [0.5, 0.6) is 0 Å². The van der Waals surface area contributed by atoms with E-state index in [1.807, 2.05) is 13.8 Å². The second kappa shape index (κ2) is 4.55. The smallest absolute Gasteiger partial charge is 0.242 e. The lowest BCUT2D eigenvalue weighted by molar-refractivity contribution is 0.270. The normalized spacial score (nSPS) is 23.7. The summed E-state index contributed by atoms with van der Waals surface area (Å²) >= 11 is 0. The Morgan fingerprint density at radius 1 is 1.22 bits per heavy atom. The SMILES string of the molecule is Cc1cc(N)c(S(=O)(=O)NC2CC(C)C2)cc1C. The van der Waals surface area contributed by atoms with E-state index in [-0.39, 0.29) is 10.9 Å². The van der Waals surface area contributed by atoms with Crippen molar-refractivity contribution in [3.63, 3.8) is 0 Å². The second-order valence-corrected chi connectivity index (χ2v) is 7.05. The second-order valence-electron chi connectivity index (χ2n) is 5.37. The van der Waals surface area contributed by atoms with E-state index in [1.165, 1.54) is 0 Å². The van der Waals surface area contributed by atoms with Crippen LogP contribution in [0.4, 0.5) is 5.69 Å². The van der Waals surface area contributed by atoms with Crippen molar-refractivity contribution in [3.05, 3.63) is 23.3 Å². The quantitative estimate of drug-likeness (QED) is 0.823. The maximum absolute atomic E-state index is 12.2. The molecule has 1 saturated carbocycles. The number of aryl methyl sites for hydroxylation is 2. The fourth-order valence-electron chi connectivity index (χ4n) is 2.33. The fraction of sp³-hybridized carbons (Fsp3) is 0.538. The van der Waals surface area contributed by atoms with Crippen LogP contribution in [0.25, 0.3) is 0 Å². The van der Waals surface area contributed by atoms with Gasteiger partial charge in [-0.1, -0.05) is 6.92 Å². The Balaban J connectivity index is 2.27. The van der Waals surface area contributed by atoms with Crippen LogP contribution in [-0.4, -0.2) is 14.5 Å². The molecule has 0 spiro atoms. The van der Waals surface area contributed by atoms with Crippen molar-refractivity contribution in [2.75, 3.05) is 5.73 Å². The molecule has 1 aromatic rings. The Labute approximate surface area is 109 Å². The van der Waals surface area contributed by atoms with Crippen molar-refractivity contribution in [2.45, 2.75) is 44.6 Å². The van der Waals surface area contributed by atoms with E-state index >= 15 is 0 Å². The molecule has 0 amide bonds. The van der Waals surface area contributed by atoms with Gasteiger partial charge in [0.2, 0.25) is 10.0 Å². The molecule has 3 N–H and O–H groups in total. The molecule has 0 aromatic heterocycles. The zero-order chi connectivity index (χ0) is 13.5. The molecule has 4 nitrogen and oxygen atoms in total. The third kappa shape index (κ3) is 2.52. The third-order valence-corrected chi connectivity index (χ3v) is 5.19. The van der Waals surface area contributed by atoms with E-state index in [4.69, 9.17) is 5.73 Å². The van der Waals surface area contributed by atoms with Gasteiger partial charge < -0.3 is 5.73 Å². The van der Waals surface area contributed by atoms with Gasteiger partial charge in [0, 0.05) is 6.04 Å². The molecule has 1 aliphatic rings. The lowest BCUT2D eigenvalue weighted by Crippen LogP contribution is -2.43. The van der Waals surface area contributed by atoms with Crippen LogP contribution in [0.15, 0.2) is 17.0 Å². The number of nitrogens with one attached hydrogen (secondary N) is 1. The molecule has 0 heterocycles. The summed E-state index contributed by atoms with van der Waals surface area (Å²) in [7, 11) is -3.49. The maximum Gasteiger partial charge on any atom is 0.242 e. The maximum atomic E-state index is 12.2. The predicted molar refractivity (Wildman–Crippen MR) is 72.8 cm³/mol. The van der Waals surface area contributed by atoms with E-state index in [9.17, 15) is 8.42 Å². The molecule has 2 rings (SSSR count). The van der Waals surface area contributed by atoms with Crippen LogP contribution in [0, 0.1) is 19.8 Å². The summed E-state index contributed by atoms with van der Waals surface area (Å²) in [5, 5.41) is 0. The molecule has 1 aromatic carbocycles. The summed E-state index contributed by atoms with van der Waals surface area (Å²) in [5.41, 5.74) is 8.08. The molecule has 1 fully saturated rings. The lowest BCUT2D eigenvalue weighted by atomic mass is 9.83. The standard InChI is InChI=1S/C13H20N2O2S/c1-8-4-11(5-8)15-18(16,17)13-7-10(3)9(2)6-12(13)14/h6-8,11,15H,4-5,14H2,1-3H3. The van der Waals surface area contributed by atoms with Gasteiger partial charge in [0.05, 0.1) is 5.69 Å². The topological polar surface area (TPSA) is 72.2 Å². The summed E-state index contributed by atoms with van der Waals surface area (Å²) in [4.78, 5) is 0.199. The van der Waals surface area contributed by atoms with Crippen LogP contribution in [-0.2, 0) is 10.0 Å². The number of hydrogen-bond donors (Lipinski definition) is 2. The molecular weight excluding hydrogens is 248 g/mol. The first-order valence-corrected chi connectivity index (χ1v) is 7.67. The molecule has 0 atom stereocenters. The fourth-order valence-corrected chi connectivity index (χ4v) is 3.79. The van der Waals surface area contributed by atoms with Gasteiger partial charge in [0.15, 0.2) is 0 Å². The minimum atomic E-state index is -3.49. The molecule has 0 bridgehead atoms. The van der Waals surface area contributed by atoms with Gasteiger partial charge in [-0.05, 0) is 55.9 Å². The first-order chi connectivity index (χ1) is 8.29. The van der Waals surface area contributed by atoms with Gasteiger partial charge in [0.25, 0.3) is 0 Å². The number of sulfonamides is 1. The first-order valence-electron chi connectivity index (χ1n) is 6.18. The van der Waals surface area contributed by atoms with E-state index in [1.54, 1.807) is 12.1 Å². The van der Waals surface area contributed by atoms with E-state index in [0.717, 1.165) is 24.0 Å². The van der Waals surface area contributed by atoms with Crippen molar-refractivity contribution < 1.29 is 8.42 Å². The van der Waals surface area contributed by atoms with Crippen molar-refractivity contribution in [2.24, 2.45) is 5.92 Å². The monoisotopic (exact) mass is 268 g/mol. The Bertz CT molecular complexity index is 561. The first kappa shape index (κ1) is 13.4. The van der Waals surface area contributed by atoms with Gasteiger partial charge in [-0.25, -0.2) is 13.1 Å². The highest BCUT2D eigenvalue weighted by Gasteiger charge is 2.30. The summed E-state index contributed by atoms with van der Waals surface area (Å²) in [6, 6.07) is 3.42. The highest BCUT2D eigenvalue weighted by Crippen LogP contribution is 2.29. The largest absolute Gasteiger partial charge is 0.398 e. The summed E-state index contributed by atoms with van der Waals surface area (Å²) in [5.74, 6) is 0.606. The average Bonchev–Trinajstić information content (AvgIpc) is 2.20. The van der Waals surface area contributed by atoms with Gasteiger partial charge in [-0.15, -0.1) is 0 Å². The zero-order valence-electron chi connectivity index (χ0n) is 11.0. The van der Waals surface area contributed by atoms with Crippen LogP contribution < -0.4 is 10.5 Å². The minimum absolute atomic E-state index is 0.0611. The number of anilines is 1. The van der Waals surface area contributed by atoms with Crippen molar-refractivity contribution in [3.8, 4) is 0 Å². The van der Waals surface area contributed by atoms with Gasteiger partial charge in [-0.3, -0.25) is 0 Å². The zero-order valence-corrected chi connectivity index (χ0v) is 11.8. The Kier molecular flexibility index (Phi) is 3.38. The van der Waals surface area contributed by atoms with Crippen LogP contribution >= 0.6 is 0 Å². The average molecular weight is 268 g/mol. The predicted octanol–water partition coefficient (Wildman–Crippen LogP) is 1.96. The molecule has 0 aliphatic heterocycles. The molecule has 0 radical (unpaired) electrons. The lowest BCUT2D eigenvalue weighted by Gasteiger charge is -2.33. The minimum Gasteiger partial charge on any atom is -0.398 e.